The lowest BCUT2D eigenvalue weighted by atomic mass is 9.81. The van der Waals surface area contributed by atoms with Crippen molar-refractivity contribution in [1.82, 2.24) is 0 Å². The van der Waals surface area contributed by atoms with Crippen molar-refractivity contribution in [1.29, 1.82) is 0 Å². The molecule has 0 heterocycles. The maximum Gasteiger partial charge on any atom is 0.122 e. The Bertz CT molecular complexity index is 841. The average molecular weight is 457 g/mol. The Balaban J connectivity index is 2.55. The molecule has 0 unspecified atom stereocenters. The highest BCUT2D eigenvalue weighted by Crippen LogP contribution is 2.39. The molecule has 4 heteroatoms. The smallest absolute Gasteiger partial charge is 0.122 e. The number of rotatable bonds is 10. The Kier molecular flexibility index (Phi) is 9.39. The van der Waals surface area contributed by atoms with Crippen molar-refractivity contribution in [3.05, 3.63) is 57.6 Å². The zero-order valence-corrected chi connectivity index (χ0v) is 21.5. The second-order valence-corrected chi connectivity index (χ2v) is 11.3. The lowest BCUT2D eigenvalue weighted by Crippen LogP contribution is -2.14. The molecule has 0 aliphatic carbocycles. The summed E-state index contributed by atoms with van der Waals surface area (Å²) in [5, 5.41) is 40.7. The van der Waals surface area contributed by atoms with Gasteiger partial charge in [-0.05, 0) is 82.7 Å². The molecule has 2 rings (SSSR count). The molecule has 0 atom stereocenters. The average Bonchev–Trinajstić information content (AvgIpc) is 2.70. The fraction of sp³-hybridized carbons (Fsp3) is 0.586. The van der Waals surface area contributed by atoms with Crippen LogP contribution in [0.1, 0.15) is 101 Å². The van der Waals surface area contributed by atoms with E-state index in [1.807, 2.05) is 0 Å². The van der Waals surface area contributed by atoms with E-state index < -0.39 is 0 Å². The number of hydrogen-bond acceptors (Lipinski definition) is 4. The van der Waals surface area contributed by atoms with Gasteiger partial charge in [-0.15, -0.1) is 0 Å². The normalized spacial score (nSPS) is 12.4. The van der Waals surface area contributed by atoms with Gasteiger partial charge in [0.25, 0.3) is 0 Å². The quantitative estimate of drug-likeness (QED) is 0.335. The van der Waals surface area contributed by atoms with E-state index in [0.29, 0.717) is 17.9 Å². The van der Waals surface area contributed by atoms with Crippen molar-refractivity contribution >= 4 is 0 Å². The standard InChI is InChI=1S/C29H44O4/c1-28(2,3)24-17-20(11-7-9-13-30)15-22(26(24)32)19-23-16-21(12-8-10-14-31)18-25(27(23)33)29(4,5)6/h15-18,30-33H,7-14,19H2,1-6H3. The molecule has 0 bridgehead atoms. The fourth-order valence-corrected chi connectivity index (χ4v) is 4.31. The zero-order valence-electron chi connectivity index (χ0n) is 21.5. The van der Waals surface area contributed by atoms with Crippen molar-refractivity contribution in [3.63, 3.8) is 0 Å². The minimum atomic E-state index is -0.212. The molecule has 0 saturated heterocycles. The van der Waals surface area contributed by atoms with Gasteiger partial charge in [-0.2, -0.15) is 0 Å². The van der Waals surface area contributed by atoms with Gasteiger partial charge in [0.1, 0.15) is 11.5 Å². The largest absolute Gasteiger partial charge is 0.507 e. The Labute approximate surface area is 200 Å². The van der Waals surface area contributed by atoms with E-state index in [9.17, 15) is 10.2 Å². The zero-order chi connectivity index (χ0) is 24.8. The summed E-state index contributed by atoms with van der Waals surface area (Å²) in [7, 11) is 0. The summed E-state index contributed by atoms with van der Waals surface area (Å²) in [4.78, 5) is 0. The third-order valence-corrected chi connectivity index (χ3v) is 6.24. The fourth-order valence-electron chi connectivity index (χ4n) is 4.31. The Morgan fingerprint density at radius 1 is 0.576 bits per heavy atom. The molecule has 0 aliphatic rings. The van der Waals surface area contributed by atoms with Crippen LogP contribution in [-0.4, -0.2) is 33.6 Å². The molecule has 184 valence electrons. The van der Waals surface area contributed by atoms with E-state index in [4.69, 9.17) is 10.2 Å². The van der Waals surface area contributed by atoms with Gasteiger partial charge < -0.3 is 20.4 Å². The summed E-state index contributed by atoms with van der Waals surface area (Å²) < 4.78 is 0. The van der Waals surface area contributed by atoms with Gasteiger partial charge in [0.05, 0.1) is 0 Å². The number of aliphatic hydroxyl groups excluding tert-OH is 2. The maximum atomic E-state index is 11.2. The van der Waals surface area contributed by atoms with Crippen molar-refractivity contribution in [3.8, 4) is 11.5 Å². The van der Waals surface area contributed by atoms with Crippen LogP contribution in [0.2, 0.25) is 0 Å². The van der Waals surface area contributed by atoms with E-state index in [0.717, 1.165) is 71.9 Å². The van der Waals surface area contributed by atoms with E-state index >= 15 is 0 Å². The van der Waals surface area contributed by atoms with Crippen LogP contribution in [0.3, 0.4) is 0 Å². The highest BCUT2D eigenvalue weighted by Gasteiger charge is 2.24. The van der Waals surface area contributed by atoms with Crippen LogP contribution in [-0.2, 0) is 30.1 Å². The highest BCUT2D eigenvalue weighted by atomic mass is 16.3. The molecular weight excluding hydrogens is 412 g/mol. The van der Waals surface area contributed by atoms with Crippen molar-refractivity contribution < 1.29 is 20.4 Å². The summed E-state index contributed by atoms with van der Waals surface area (Å²) in [6, 6.07) is 8.27. The molecule has 0 amide bonds. The van der Waals surface area contributed by atoms with Crippen LogP contribution in [0.15, 0.2) is 24.3 Å². The van der Waals surface area contributed by atoms with Gasteiger partial charge in [-0.25, -0.2) is 0 Å². The number of aromatic hydroxyl groups is 2. The van der Waals surface area contributed by atoms with Gasteiger partial charge >= 0.3 is 0 Å². The monoisotopic (exact) mass is 456 g/mol. The number of phenols is 2. The van der Waals surface area contributed by atoms with Gasteiger partial charge in [-0.3, -0.25) is 0 Å². The molecule has 0 spiro atoms. The minimum Gasteiger partial charge on any atom is -0.507 e. The van der Waals surface area contributed by atoms with Crippen molar-refractivity contribution in [2.45, 2.75) is 97.3 Å². The minimum absolute atomic E-state index is 0.184. The second kappa shape index (κ2) is 11.4. The third-order valence-electron chi connectivity index (χ3n) is 6.24. The molecule has 0 radical (unpaired) electrons. The Hall–Kier alpha value is -2.04. The molecule has 0 aromatic heterocycles. The number of aryl methyl sites for hydroxylation is 2. The second-order valence-electron chi connectivity index (χ2n) is 11.3. The van der Waals surface area contributed by atoms with Crippen LogP contribution in [0.25, 0.3) is 0 Å². The first kappa shape index (κ1) is 27.2. The predicted octanol–water partition coefficient (Wildman–Crippen LogP) is 5.91. The van der Waals surface area contributed by atoms with Crippen LogP contribution in [0.4, 0.5) is 0 Å². The first-order chi connectivity index (χ1) is 15.4. The molecule has 2 aromatic carbocycles. The van der Waals surface area contributed by atoms with Crippen molar-refractivity contribution in [2.24, 2.45) is 0 Å². The molecule has 4 nitrogen and oxygen atoms in total. The summed E-state index contributed by atoms with van der Waals surface area (Å²) in [5.41, 5.74) is 5.34. The summed E-state index contributed by atoms with van der Waals surface area (Å²) >= 11 is 0. The van der Waals surface area contributed by atoms with E-state index in [1.54, 1.807) is 0 Å². The maximum absolute atomic E-state index is 11.2. The SMILES string of the molecule is CC(C)(C)c1cc(CCCCO)cc(Cc2cc(CCCCO)cc(C(C)(C)C)c2O)c1O. The van der Waals surface area contributed by atoms with Gasteiger partial charge in [0.2, 0.25) is 0 Å². The highest BCUT2D eigenvalue weighted by molar-refractivity contribution is 5.53. The van der Waals surface area contributed by atoms with Gasteiger partial charge in [0.15, 0.2) is 0 Å². The predicted molar refractivity (Wildman–Crippen MR) is 136 cm³/mol. The first-order valence-corrected chi connectivity index (χ1v) is 12.3. The van der Waals surface area contributed by atoms with E-state index in [1.165, 1.54) is 0 Å². The van der Waals surface area contributed by atoms with Gasteiger partial charge in [0, 0.05) is 19.6 Å². The van der Waals surface area contributed by atoms with E-state index in [2.05, 4.69) is 65.8 Å². The van der Waals surface area contributed by atoms with Crippen LogP contribution in [0, 0.1) is 0 Å². The van der Waals surface area contributed by atoms with E-state index in [-0.39, 0.29) is 24.0 Å². The number of hydrogen-bond donors (Lipinski definition) is 4. The topological polar surface area (TPSA) is 80.9 Å². The lowest BCUT2D eigenvalue weighted by Gasteiger charge is -2.25. The number of phenolic OH excluding ortho intramolecular Hbond substituents is 2. The lowest BCUT2D eigenvalue weighted by molar-refractivity contribution is 0.284. The summed E-state index contributed by atoms with van der Waals surface area (Å²) in [6.45, 7) is 13.0. The molecule has 2 aromatic rings. The van der Waals surface area contributed by atoms with Crippen LogP contribution in [0.5, 0.6) is 11.5 Å². The number of benzene rings is 2. The molecule has 4 N–H and O–H groups in total. The number of aliphatic hydroxyl groups is 2. The van der Waals surface area contributed by atoms with Crippen LogP contribution >= 0.6 is 0 Å². The van der Waals surface area contributed by atoms with Gasteiger partial charge in [-0.1, -0.05) is 65.8 Å². The van der Waals surface area contributed by atoms with Crippen LogP contribution < -0.4 is 0 Å². The Morgan fingerprint density at radius 3 is 1.24 bits per heavy atom. The molecule has 0 saturated carbocycles. The number of unbranched alkanes of at least 4 members (excludes halogenated alkanes) is 2. The molecule has 0 aliphatic heterocycles. The summed E-state index contributed by atoms with van der Waals surface area (Å²) in [6.07, 6.45) is 5.44. The molecular formula is C29H44O4. The molecule has 33 heavy (non-hydrogen) atoms. The third kappa shape index (κ3) is 7.48. The Morgan fingerprint density at radius 2 is 0.939 bits per heavy atom. The summed E-state index contributed by atoms with van der Waals surface area (Å²) in [5.74, 6) is 0.603. The first-order valence-electron chi connectivity index (χ1n) is 12.3. The van der Waals surface area contributed by atoms with Crippen molar-refractivity contribution in [2.75, 3.05) is 13.2 Å². The molecule has 0 fully saturated rings.